The predicted octanol–water partition coefficient (Wildman–Crippen LogP) is 1.02. The van der Waals surface area contributed by atoms with Crippen LogP contribution in [0.2, 0.25) is 0 Å². The first-order chi connectivity index (χ1) is 8.81. The van der Waals surface area contributed by atoms with Crippen LogP contribution in [0.4, 0.5) is 0 Å². The zero-order chi connectivity index (χ0) is 12.8. The van der Waals surface area contributed by atoms with E-state index in [2.05, 4.69) is 28.2 Å². The Morgan fingerprint density at radius 3 is 3.17 bits per heavy atom. The number of hydrogen-bond acceptors (Lipinski definition) is 4. The van der Waals surface area contributed by atoms with Crippen molar-refractivity contribution in [3.8, 4) is 0 Å². The van der Waals surface area contributed by atoms with Crippen LogP contribution in [0.15, 0.2) is 24.5 Å². The molecule has 1 aromatic rings. The van der Waals surface area contributed by atoms with E-state index in [1.165, 1.54) is 5.56 Å². The summed E-state index contributed by atoms with van der Waals surface area (Å²) >= 11 is 0. The molecular formula is C14H23N3O. The standard InChI is InChI=1S/C14H23N3O/c1-12-4-7-16-10-14(5-8-18)17(12)11-13-3-2-6-15-9-13/h2-3,6,9,12,14,16,18H,4-5,7-8,10-11H2,1H3. The molecule has 0 radical (unpaired) electrons. The maximum Gasteiger partial charge on any atom is 0.0446 e. The Bertz CT molecular complexity index is 344. The number of aromatic nitrogens is 1. The highest BCUT2D eigenvalue weighted by molar-refractivity contribution is 5.09. The number of hydrogen-bond donors (Lipinski definition) is 2. The van der Waals surface area contributed by atoms with Gasteiger partial charge >= 0.3 is 0 Å². The van der Waals surface area contributed by atoms with Crippen LogP contribution in [0, 0.1) is 0 Å². The summed E-state index contributed by atoms with van der Waals surface area (Å²) in [5.74, 6) is 0. The molecule has 1 fully saturated rings. The quantitative estimate of drug-likeness (QED) is 0.836. The highest BCUT2D eigenvalue weighted by Gasteiger charge is 2.25. The number of rotatable bonds is 4. The number of aliphatic hydroxyl groups is 1. The fourth-order valence-electron chi connectivity index (χ4n) is 2.63. The van der Waals surface area contributed by atoms with E-state index < -0.39 is 0 Å². The summed E-state index contributed by atoms with van der Waals surface area (Å²) in [5.41, 5.74) is 1.24. The van der Waals surface area contributed by atoms with E-state index in [1.54, 1.807) is 0 Å². The average molecular weight is 249 g/mol. The molecule has 0 bridgehead atoms. The van der Waals surface area contributed by atoms with E-state index >= 15 is 0 Å². The van der Waals surface area contributed by atoms with Gasteiger partial charge in [0.25, 0.3) is 0 Å². The molecule has 1 saturated heterocycles. The topological polar surface area (TPSA) is 48.4 Å². The molecule has 2 N–H and O–H groups in total. The minimum atomic E-state index is 0.253. The van der Waals surface area contributed by atoms with Crippen molar-refractivity contribution in [1.82, 2.24) is 15.2 Å². The fraction of sp³-hybridized carbons (Fsp3) is 0.643. The van der Waals surface area contributed by atoms with Crippen LogP contribution in [-0.4, -0.2) is 46.8 Å². The van der Waals surface area contributed by atoms with Gasteiger partial charge in [-0.2, -0.15) is 0 Å². The lowest BCUT2D eigenvalue weighted by molar-refractivity contribution is 0.118. The van der Waals surface area contributed by atoms with Gasteiger partial charge in [0.2, 0.25) is 0 Å². The first kappa shape index (κ1) is 13.5. The molecule has 0 spiro atoms. The first-order valence-electron chi connectivity index (χ1n) is 6.77. The van der Waals surface area contributed by atoms with Gasteiger partial charge in [0, 0.05) is 44.2 Å². The molecule has 1 aliphatic heterocycles. The molecule has 0 aromatic carbocycles. The molecule has 4 nitrogen and oxygen atoms in total. The van der Waals surface area contributed by atoms with Gasteiger partial charge in [0.15, 0.2) is 0 Å². The third-order valence-corrected chi connectivity index (χ3v) is 3.70. The Morgan fingerprint density at radius 1 is 1.56 bits per heavy atom. The molecular weight excluding hydrogens is 226 g/mol. The molecule has 18 heavy (non-hydrogen) atoms. The van der Waals surface area contributed by atoms with Gasteiger partial charge in [0.05, 0.1) is 0 Å². The number of nitrogens with one attached hydrogen (secondary N) is 1. The third-order valence-electron chi connectivity index (χ3n) is 3.70. The second-order valence-corrected chi connectivity index (χ2v) is 5.04. The summed E-state index contributed by atoms with van der Waals surface area (Å²) in [6.45, 7) is 5.47. The smallest absolute Gasteiger partial charge is 0.0446 e. The Hall–Kier alpha value is -0.970. The highest BCUT2D eigenvalue weighted by Crippen LogP contribution is 2.17. The molecule has 0 saturated carbocycles. The third kappa shape index (κ3) is 3.51. The van der Waals surface area contributed by atoms with Crippen LogP contribution in [0.3, 0.4) is 0 Å². The number of aliphatic hydroxyl groups excluding tert-OH is 1. The molecule has 100 valence electrons. The molecule has 1 aromatic heterocycles. The van der Waals surface area contributed by atoms with E-state index in [0.717, 1.165) is 32.5 Å². The molecule has 2 heterocycles. The molecule has 2 unspecified atom stereocenters. The summed E-state index contributed by atoms with van der Waals surface area (Å²) in [6, 6.07) is 5.05. The molecule has 2 atom stereocenters. The van der Waals surface area contributed by atoms with Gasteiger partial charge in [0.1, 0.15) is 0 Å². The Morgan fingerprint density at radius 2 is 2.44 bits per heavy atom. The lowest BCUT2D eigenvalue weighted by Gasteiger charge is -2.34. The van der Waals surface area contributed by atoms with Crippen molar-refractivity contribution >= 4 is 0 Å². The van der Waals surface area contributed by atoms with E-state index in [4.69, 9.17) is 0 Å². The van der Waals surface area contributed by atoms with Crippen LogP contribution < -0.4 is 5.32 Å². The van der Waals surface area contributed by atoms with Crippen molar-refractivity contribution in [1.29, 1.82) is 0 Å². The monoisotopic (exact) mass is 249 g/mol. The maximum absolute atomic E-state index is 9.21. The summed E-state index contributed by atoms with van der Waals surface area (Å²) in [5, 5.41) is 12.7. The van der Waals surface area contributed by atoms with Crippen molar-refractivity contribution in [3.05, 3.63) is 30.1 Å². The van der Waals surface area contributed by atoms with Gasteiger partial charge in [-0.3, -0.25) is 9.88 Å². The fourth-order valence-corrected chi connectivity index (χ4v) is 2.63. The SMILES string of the molecule is CC1CCNCC(CCO)N1Cc1cccnc1. The molecule has 0 amide bonds. The van der Waals surface area contributed by atoms with Crippen LogP contribution in [0.1, 0.15) is 25.3 Å². The second-order valence-electron chi connectivity index (χ2n) is 5.04. The largest absolute Gasteiger partial charge is 0.396 e. The first-order valence-corrected chi connectivity index (χ1v) is 6.77. The lowest BCUT2D eigenvalue weighted by atomic mass is 10.1. The van der Waals surface area contributed by atoms with Gasteiger partial charge in [-0.25, -0.2) is 0 Å². The minimum Gasteiger partial charge on any atom is -0.396 e. The number of pyridine rings is 1. The summed E-state index contributed by atoms with van der Waals surface area (Å²) in [4.78, 5) is 6.67. The zero-order valence-electron chi connectivity index (χ0n) is 11.0. The Labute approximate surface area is 109 Å². The minimum absolute atomic E-state index is 0.253. The van der Waals surface area contributed by atoms with Gasteiger partial charge in [-0.05, 0) is 37.9 Å². The number of nitrogens with zero attached hydrogens (tertiary/aromatic N) is 2. The maximum atomic E-state index is 9.21. The lowest BCUT2D eigenvalue weighted by Crippen LogP contribution is -2.43. The van der Waals surface area contributed by atoms with Gasteiger partial charge in [-0.15, -0.1) is 0 Å². The van der Waals surface area contributed by atoms with Crippen LogP contribution in [-0.2, 0) is 6.54 Å². The van der Waals surface area contributed by atoms with Gasteiger partial charge in [-0.1, -0.05) is 6.07 Å². The summed E-state index contributed by atoms with van der Waals surface area (Å²) in [7, 11) is 0. The van der Waals surface area contributed by atoms with Crippen molar-refractivity contribution in [3.63, 3.8) is 0 Å². The van der Waals surface area contributed by atoms with E-state index in [1.807, 2.05) is 18.5 Å². The Kier molecular flexibility index (Phi) is 5.11. The van der Waals surface area contributed by atoms with Gasteiger partial charge < -0.3 is 10.4 Å². The molecule has 0 aliphatic carbocycles. The van der Waals surface area contributed by atoms with E-state index in [-0.39, 0.29) is 6.61 Å². The van der Waals surface area contributed by atoms with E-state index in [9.17, 15) is 5.11 Å². The van der Waals surface area contributed by atoms with E-state index in [0.29, 0.717) is 12.1 Å². The van der Waals surface area contributed by atoms with Crippen molar-refractivity contribution in [2.45, 2.75) is 38.4 Å². The van der Waals surface area contributed by atoms with Crippen molar-refractivity contribution < 1.29 is 5.11 Å². The highest BCUT2D eigenvalue weighted by atomic mass is 16.3. The normalized spacial score (nSPS) is 25.9. The average Bonchev–Trinajstić information content (AvgIpc) is 2.56. The zero-order valence-corrected chi connectivity index (χ0v) is 11.0. The second kappa shape index (κ2) is 6.83. The van der Waals surface area contributed by atoms with Crippen LogP contribution in [0.25, 0.3) is 0 Å². The predicted molar refractivity (Wildman–Crippen MR) is 72.2 cm³/mol. The Balaban J connectivity index is 2.08. The van der Waals surface area contributed by atoms with Crippen molar-refractivity contribution in [2.24, 2.45) is 0 Å². The molecule has 4 heteroatoms. The van der Waals surface area contributed by atoms with Crippen LogP contribution in [0.5, 0.6) is 0 Å². The van der Waals surface area contributed by atoms with Crippen LogP contribution >= 0.6 is 0 Å². The summed E-state index contributed by atoms with van der Waals surface area (Å²) < 4.78 is 0. The summed E-state index contributed by atoms with van der Waals surface area (Å²) in [6.07, 6.45) is 5.73. The molecule has 2 rings (SSSR count). The molecule has 1 aliphatic rings. The van der Waals surface area contributed by atoms with Crippen molar-refractivity contribution in [2.75, 3.05) is 19.7 Å².